The number of rotatable bonds is 58. The van der Waals surface area contributed by atoms with Gasteiger partial charge in [-0.3, -0.25) is 14.4 Å². The molecular weight excluding hydrogens is 985 g/mol. The molecule has 0 N–H and O–H groups in total. The van der Waals surface area contributed by atoms with Crippen LogP contribution in [0.4, 0.5) is 0 Å². The van der Waals surface area contributed by atoms with E-state index in [2.05, 4.69) is 167 Å². The molecule has 0 aromatic carbocycles. The van der Waals surface area contributed by atoms with Crippen LogP contribution in [0.1, 0.15) is 284 Å². The van der Waals surface area contributed by atoms with Gasteiger partial charge in [0, 0.05) is 19.3 Å². The van der Waals surface area contributed by atoms with Crippen LogP contribution < -0.4 is 0 Å². The Kier molecular flexibility index (Phi) is 62.9. The molecule has 0 aromatic heterocycles. The fourth-order valence-electron chi connectivity index (χ4n) is 8.70. The van der Waals surface area contributed by atoms with Crippen molar-refractivity contribution in [1.29, 1.82) is 0 Å². The molecule has 0 aromatic rings. The molecule has 0 spiro atoms. The van der Waals surface area contributed by atoms with Gasteiger partial charge in [-0.1, -0.05) is 269 Å². The number of ether oxygens (including phenoxy) is 3. The highest BCUT2D eigenvalue weighted by atomic mass is 16.6. The van der Waals surface area contributed by atoms with Crippen molar-refractivity contribution in [3.05, 3.63) is 146 Å². The van der Waals surface area contributed by atoms with Gasteiger partial charge in [-0.25, -0.2) is 0 Å². The third-order valence-electron chi connectivity index (χ3n) is 13.6. The Bertz CT molecular complexity index is 1750. The third kappa shape index (κ3) is 64.1. The molecule has 452 valence electrons. The maximum atomic E-state index is 12.9. The minimum Gasteiger partial charge on any atom is -0.462 e. The molecule has 0 bridgehead atoms. The molecule has 0 amide bonds. The quantitative estimate of drug-likeness (QED) is 0.0261. The zero-order valence-corrected chi connectivity index (χ0v) is 51.8. The molecule has 80 heavy (non-hydrogen) atoms. The van der Waals surface area contributed by atoms with E-state index in [1.807, 2.05) is 0 Å². The molecule has 0 rings (SSSR count). The maximum absolute atomic E-state index is 12.9. The second-order valence-electron chi connectivity index (χ2n) is 21.3. The summed E-state index contributed by atoms with van der Waals surface area (Å²) in [6.07, 6.45) is 95.6. The highest BCUT2D eigenvalue weighted by Gasteiger charge is 2.19. The van der Waals surface area contributed by atoms with Gasteiger partial charge in [-0.15, -0.1) is 0 Å². The predicted molar refractivity (Wildman–Crippen MR) is 348 cm³/mol. The van der Waals surface area contributed by atoms with Crippen molar-refractivity contribution in [2.75, 3.05) is 13.2 Å². The summed E-state index contributed by atoms with van der Waals surface area (Å²) in [4.78, 5) is 38.4. The predicted octanol–water partition coefficient (Wildman–Crippen LogP) is 22.7. The lowest BCUT2D eigenvalue weighted by Gasteiger charge is -2.18. The largest absolute Gasteiger partial charge is 0.462 e. The lowest BCUT2D eigenvalue weighted by atomic mass is 10.1. The van der Waals surface area contributed by atoms with Crippen LogP contribution in [0.15, 0.2) is 146 Å². The number of hydrogen-bond donors (Lipinski definition) is 0. The van der Waals surface area contributed by atoms with Crippen LogP contribution in [-0.4, -0.2) is 37.2 Å². The molecule has 1 atom stereocenters. The number of unbranched alkanes of at least 4 members (excludes halogenated alkanes) is 23. The number of esters is 3. The summed E-state index contributed by atoms with van der Waals surface area (Å²) in [5, 5.41) is 0. The van der Waals surface area contributed by atoms with Crippen molar-refractivity contribution in [2.24, 2.45) is 0 Å². The summed E-state index contributed by atoms with van der Waals surface area (Å²) >= 11 is 0. The molecule has 0 saturated carbocycles. The number of carbonyl (C=O) groups excluding carboxylic acids is 3. The highest BCUT2D eigenvalue weighted by Crippen LogP contribution is 2.15. The van der Waals surface area contributed by atoms with Crippen LogP contribution in [0.5, 0.6) is 0 Å². The van der Waals surface area contributed by atoms with Crippen molar-refractivity contribution in [3.8, 4) is 0 Å². The van der Waals surface area contributed by atoms with E-state index in [0.29, 0.717) is 19.3 Å². The van der Waals surface area contributed by atoms with E-state index in [-0.39, 0.29) is 31.1 Å². The van der Waals surface area contributed by atoms with Crippen LogP contribution in [-0.2, 0) is 28.6 Å². The van der Waals surface area contributed by atoms with Crippen molar-refractivity contribution < 1.29 is 28.6 Å². The van der Waals surface area contributed by atoms with E-state index >= 15 is 0 Å². The topological polar surface area (TPSA) is 78.9 Å². The van der Waals surface area contributed by atoms with Gasteiger partial charge in [-0.2, -0.15) is 0 Å². The van der Waals surface area contributed by atoms with Gasteiger partial charge in [0.2, 0.25) is 0 Å². The molecule has 0 aliphatic rings. The Labute approximate surface area is 493 Å². The monoisotopic (exact) mass is 1100 g/mol. The van der Waals surface area contributed by atoms with Gasteiger partial charge in [-0.05, 0) is 141 Å². The molecular formula is C74H120O6. The van der Waals surface area contributed by atoms with E-state index in [0.717, 1.165) is 161 Å². The van der Waals surface area contributed by atoms with Gasteiger partial charge in [0.05, 0.1) is 0 Å². The highest BCUT2D eigenvalue weighted by molar-refractivity contribution is 5.71. The third-order valence-corrected chi connectivity index (χ3v) is 13.6. The summed E-state index contributed by atoms with van der Waals surface area (Å²) in [5.41, 5.74) is 0. The Balaban J connectivity index is 4.38. The summed E-state index contributed by atoms with van der Waals surface area (Å²) in [6, 6.07) is 0. The van der Waals surface area contributed by atoms with Crippen LogP contribution in [0.3, 0.4) is 0 Å². The molecule has 1 unspecified atom stereocenters. The van der Waals surface area contributed by atoms with E-state index in [1.165, 1.54) is 83.5 Å². The van der Waals surface area contributed by atoms with Crippen molar-refractivity contribution in [1.82, 2.24) is 0 Å². The average molecular weight is 1110 g/mol. The van der Waals surface area contributed by atoms with Gasteiger partial charge in [0.15, 0.2) is 6.10 Å². The Morgan fingerprint density at radius 1 is 0.263 bits per heavy atom. The molecule has 0 saturated heterocycles. The maximum Gasteiger partial charge on any atom is 0.306 e. The SMILES string of the molecule is CC/C=C\C/C=C\C/C=C\C/C=C\C/C=C\C/C=C\CCCCCCCCCCCCC(=O)OCC(COC(=O)CCCCCCC/C=C\C/C=C\CCCCCC)OC(=O)CCCCCC/C=C\C/C=C\C/C=C\C/C=C\CC. The second kappa shape index (κ2) is 66.8. The summed E-state index contributed by atoms with van der Waals surface area (Å²) in [6.45, 7) is 6.37. The van der Waals surface area contributed by atoms with Crippen molar-refractivity contribution in [2.45, 2.75) is 290 Å². The Hall–Kier alpha value is -4.71. The summed E-state index contributed by atoms with van der Waals surface area (Å²) < 4.78 is 16.9. The van der Waals surface area contributed by atoms with Crippen LogP contribution in [0.2, 0.25) is 0 Å². The number of allylic oxidation sites excluding steroid dienone is 24. The Morgan fingerprint density at radius 3 is 0.762 bits per heavy atom. The van der Waals surface area contributed by atoms with Crippen LogP contribution in [0, 0.1) is 0 Å². The van der Waals surface area contributed by atoms with E-state index in [1.54, 1.807) is 0 Å². The van der Waals surface area contributed by atoms with Crippen LogP contribution in [0.25, 0.3) is 0 Å². The van der Waals surface area contributed by atoms with E-state index < -0.39 is 6.10 Å². The van der Waals surface area contributed by atoms with Crippen LogP contribution >= 0.6 is 0 Å². The lowest BCUT2D eigenvalue weighted by Crippen LogP contribution is -2.30. The van der Waals surface area contributed by atoms with Crippen molar-refractivity contribution >= 4 is 17.9 Å². The first kappa shape index (κ1) is 75.3. The van der Waals surface area contributed by atoms with E-state index in [9.17, 15) is 14.4 Å². The van der Waals surface area contributed by atoms with Gasteiger partial charge < -0.3 is 14.2 Å². The minimum atomic E-state index is -0.806. The number of hydrogen-bond acceptors (Lipinski definition) is 6. The normalized spacial score (nSPS) is 13.1. The fraction of sp³-hybridized carbons (Fsp3) is 0.635. The molecule has 0 aliphatic carbocycles. The zero-order valence-electron chi connectivity index (χ0n) is 51.8. The van der Waals surface area contributed by atoms with E-state index in [4.69, 9.17) is 14.2 Å². The summed E-state index contributed by atoms with van der Waals surface area (Å²) in [5.74, 6) is -0.940. The first-order chi connectivity index (χ1) is 39.5. The molecule has 0 fully saturated rings. The molecule has 0 radical (unpaired) electrons. The lowest BCUT2D eigenvalue weighted by molar-refractivity contribution is -0.167. The molecule has 0 aliphatic heterocycles. The molecule has 6 heteroatoms. The first-order valence-electron chi connectivity index (χ1n) is 32.8. The fourth-order valence-corrected chi connectivity index (χ4v) is 8.70. The smallest absolute Gasteiger partial charge is 0.306 e. The Morgan fingerprint density at radius 2 is 0.487 bits per heavy atom. The molecule has 0 heterocycles. The van der Waals surface area contributed by atoms with Gasteiger partial charge in [0.1, 0.15) is 13.2 Å². The average Bonchev–Trinajstić information content (AvgIpc) is 3.46. The minimum absolute atomic E-state index is 0.0993. The second-order valence-corrected chi connectivity index (χ2v) is 21.3. The standard InChI is InChI=1S/C74H120O6/c1-4-7-10-13-16-19-22-25-28-31-32-33-34-35-36-37-38-39-40-41-42-44-46-49-52-55-58-61-64-67-73(76)79-70-71(69-78-72(75)66-63-60-57-54-51-48-45-30-27-24-21-18-15-12-9-6-3)80-74(77)68-65-62-59-56-53-50-47-43-29-26-23-20-17-14-11-8-5-2/h7-8,10-11,16-17,19-21,24-26,28-30,32-33,35-36,38-39,45,47,50,71H,4-6,9,12-15,18,22-23,27,31,34,37,40-44,46,48-49,51-70H2,1-3H3/b10-7-,11-8-,19-16-,20-17-,24-21-,28-25-,29-26-,33-32-,36-35-,39-38-,45-30-,50-47-. The van der Waals surface area contributed by atoms with Gasteiger partial charge >= 0.3 is 17.9 Å². The molecule has 6 nitrogen and oxygen atoms in total. The zero-order chi connectivity index (χ0) is 57.8. The summed E-state index contributed by atoms with van der Waals surface area (Å²) in [7, 11) is 0. The number of carbonyl (C=O) groups is 3. The van der Waals surface area contributed by atoms with Gasteiger partial charge in [0.25, 0.3) is 0 Å². The first-order valence-corrected chi connectivity index (χ1v) is 32.8. The van der Waals surface area contributed by atoms with Crippen molar-refractivity contribution in [3.63, 3.8) is 0 Å².